The first-order chi connectivity index (χ1) is 44.9. The van der Waals surface area contributed by atoms with Gasteiger partial charge in [0.05, 0.1) is 26.4 Å². The van der Waals surface area contributed by atoms with E-state index in [-0.39, 0.29) is 25.7 Å². The summed E-state index contributed by atoms with van der Waals surface area (Å²) in [7, 11) is -9.90. The SMILES string of the molecule is CCCCCCCCCCCCCC(=O)O[C@H](COC(=O)CCCCCCCCC)COP(=O)(O)OC[C@H](O)COP(=O)(O)OC[C@@H](COC(=O)CCCCCCCCCCCCC(C)CC)OC(=O)CCCCCCCCCCCCCCCCCCCCC(C)C. The van der Waals surface area contributed by atoms with Crippen molar-refractivity contribution in [3.05, 3.63) is 0 Å². The predicted molar refractivity (Wildman–Crippen MR) is 377 cm³/mol. The Morgan fingerprint density at radius 3 is 0.817 bits per heavy atom. The first-order valence-corrected chi connectivity index (χ1v) is 41.5. The number of ether oxygens (including phenoxy) is 4. The van der Waals surface area contributed by atoms with Crippen molar-refractivity contribution >= 4 is 39.5 Å². The van der Waals surface area contributed by atoms with Crippen LogP contribution in [0.5, 0.6) is 0 Å². The van der Waals surface area contributed by atoms with E-state index in [0.717, 1.165) is 115 Å². The number of aliphatic hydroxyl groups is 1. The van der Waals surface area contributed by atoms with Gasteiger partial charge in [0.15, 0.2) is 12.2 Å². The van der Waals surface area contributed by atoms with Crippen LogP contribution in [-0.2, 0) is 65.4 Å². The standard InChI is InChI=1S/C74H144O17P2/c1-7-10-12-14-16-17-26-34-40-46-52-58-73(78)90-69(62-84-71(76)56-50-44-36-15-13-11-8-2)64-88-92(80,81)86-60-68(75)61-87-93(82,83)89-65-70(63-85-72(77)57-51-45-39-33-30-29-32-38-43-49-55-67(6)9-3)91-74(79)59-53-47-41-35-28-25-23-21-19-18-20-22-24-27-31-37-42-48-54-66(4)5/h66-70,75H,7-65H2,1-6H3,(H,80,81)(H,82,83)/t67?,68-,69+,70+/m0/s1. The molecule has 0 saturated carbocycles. The highest BCUT2D eigenvalue weighted by atomic mass is 31.2. The van der Waals surface area contributed by atoms with E-state index < -0.39 is 97.5 Å². The lowest BCUT2D eigenvalue weighted by Gasteiger charge is -2.21. The van der Waals surface area contributed by atoms with Gasteiger partial charge >= 0.3 is 39.5 Å². The minimum Gasteiger partial charge on any atom is -0.462 e. The number of hydrogen-bond donors (Lipinski definition) is 3. The number of carbonyl (C=O) groups is 4. The average molecular weight is 1370 g/mol. The van der Waals surface area contributed by atoms with Gasteiger partial charge in [-0.1, -0.05) is 330 Å². The summed E-state index contributed by atoms with van der Waals surface area (Å²) < 4.78 is 68.3. The molecule has 0 aromatic rings. The Bertz CT molecular complexity index is 1810. The first-order valence-electron chi connectivity index (χ1n) is 38.5. The summed E-state index contributed by atoms with van der Waals surface area (Å²) in [5.74, 6) is -0.493. The zero-order valence-electron chi connectivity index (χ0n) is 60.6. The van der Waals surface area contributed by atoms with Crippen LogP contribution >= 0.6 is 15.6 Å². The fourth-order valence-electron chi connectivity index (χ4n) is 11.3. The third-order valence-corrected chi connectivity index (χ3v) is 19.5. The van der Waals surface area contributed by atoms with Crippen LogP contribution < -0.4 is 0 Å². The summed E-state index contributed by atoms with van der Waals surface area (Å²) in [5.41, 5.74) is 0. The largest absolute Gasteiger partial charge is 0.472 e. The topological polar surface area (TPSA) is 237 Å². The highest BCUT2D eigenvalue weighted by Crippen LogP contribution is 2.45. The van der Waals surface area contributed by atoms with E-state index in [0.29, 0.717) is 25.7 Å². The summed E-state index contributed by atoms with van der Waals surface area (Å²) in [4.78, 5) is 72.5. The summed E-state index contributed by atoms with van der Waals surface area (Å²) in [5, 5.41) is 10.6. The minimum atomic E-state index is -4.95. The molecule has 0 rings (SSSR count). The van der Waals surface area contributed by atoms with Gasteiger partial charge in [0.1, 0.15) is 19.3 Å². The molecule has 552 valence electrons. The summed E-state index contributed by atoms with van der Waals surface area (Å²) >= 11 is 0. The van der Waals surface area contributed by atoms with E-state index in [1.165, 1.54) is 186 Å². The van der Waals surface area contributed by atoms with Crippen LogP contribution in [-0.4, -0.2) is 96.7 Å². The molecule has 17 nitrogen and oxygen atoms in total. The molecule has 0 spiro atoms. The van der Waals surface area contributed by atoms with Gasteiger partial charge in [-0.25, -0.2) is 9.13 Å². The van der Waals surface area contributed by atoms with Gasteiger partial charge in [-0.15, -0.1) is 0 Å². The highest BCUT2D eigenvalue weighted by molar-refractivity contribution is 7.47. The number of phosphoric ester groups is 2. The lowest BCUT2D eigenvalue weighted by Crippen LogP contribution is -2.30. The average Bonchev–Trinajstić information content (AvgIpc) is 2.15. The molecule has 3 unspecified atom stereocenters. The molecule has 19 heteroatoms. The number of hydrogen-bond acceptors (Lipinski definition) is 15. The van der Waals surface area contributed by atoms with E-state index in [9.17, 15) is 43.2 Å². The molecule has 0 aliphatic heterocycles. The van der Waals surface area contributed by atoms with Crippen molar-refractivity contribution in [3.63, 3.8) is 0 Å². The summed E-state index contributed by atoms with van der Waals surface area (Å²) in [6.07, 6.45) is 52.8. The molecule has 3 N–H and O–H groups in total. The van der Waals surface area contributed by atoms with E-state index >= 15 is 0 Å². The molecule has 93 heavy (non-hydrogen) atoms. The van der Waals surface area contributed by atoms with Crippen molar-refractivity contribution in [3.8, 4) is 0 Å². The zero-order valence-corrected chi connectivity index (χ0v) is 62.3. The van der Waals surface area contributed by atoms with E-state index in [2.05, 4.69) is 41.5 Å². The molecule has 0 aliphatic rings. The second-order valence-electron chi connectivity index (χ2n) is 27.4. The van der Waals surface area contributed by atoms with Gasteiger partial charge in [0.2, 0.25) is 0 Å². The van der Waals surface area contributed by atoms with E-state index in [4.69, 9.17) is 37.0 Å². The van der Waals surface area contributed by atoms with Gasteiger partial charge in [0, 0.05) is 25.7 Å². The van der Waals surface area contributed by atoms with Gasteiger partial charge in [-0.3, -0.25) is 37.3 Å². The molecule has 0 aromatic carbocycles. The molecule has 0 amide bonds. The van der Waals surface area contributed by atoms with Crippen LogP contribution in [0.4, 0.5) is 0 Å². The quantitative estimate of drug-likeness (QED) is 0.0222. The molecular weight excluding hydrogens is 1220 g/mol. The number of carbonyl (C=O) groups excluding carboxylic acids is 4. The third kappa shape index (κ3) is 67.0. The third-order valence-electron chi connectivity index (χ3n) is 17.6. The van der Waals surface area contributed by atoms with Crippen LogP contribution in [0.3, 0.4) is 0 Å². The normalized spacial score (nSPS) is 14.3. The van der Waals surface area contributed by atoms with Crippen LogP contribution in [0.25, 0.3) is 0 Å². The Morgan fingerprint density at radius 2 is 0.548 bits per heavy atom. The first kappa shape index (κ1) is 91.1. The van der Waals surface area contributed by atoms with Gasteiger partial charge < -0.3 is 33.8 Å². The van der Waals surface area contributed by atoms with Crippen LogP contribution in [0.1, 0.15) is 382 Å². The Balaban J connectivity index is 5.16. The van der Waals surface area contributed by atoms with Crippen molar-refractivity contribution in [2.45, 2.75) is 400 Å². The number of rotatable bonds is 73. The van der Waals surface area contributed by atoms with Crippen molar-refractivity contribution < 1.29 is 80.2 Å². The van der Waals surface area contributed by atoms with Gasteiger partial charge in [-0.05, 0) is 37.5 Å². The molecular formula is C74H144O17P2. The zero-order chi connectivity index (χ0) is 68.6. The molecule has 6 atom stereocenters. The van der Waals surface area contributed by atoms with Gasteiger partial charge in [0.25, 0.3) is 0 Å². The molecule has 0 fully saturated rings. The Kier molecular flexibility index (Phi) is 64.6. The summed E-state index contributed by atoms with van der Waals surface area (Å²) in [6.45, 7) is 9.60. The summed E-state index contributed by atoms with van der Waals surface area (Å²) in [6, 6.07) is 0. The fourth-order valence-corrected chi connectivity index (χ4v) is 12.8. The van der Waals surface area contributed by atoms with Crippen LogP contribution in [0, 0.1) is 11.8 Å². The Morgan fingerprint density at radius 1 is 0.312 bits per heavy atom. The van der Waals surface area contributed by atoms with Crippen molar-refractivity contribution in [2.75, 3.05) is 39.6 Å². The van der Waals surface area contributed by atoms with Crippen molar-refractivity contribution in [1.82, 2.24) is 0 Å². The smallest absolute Gasteiger partial charge is 0.462 e. The van der Waals surface area contributed by atoms with E-state index in [1.54, 1.807) is 0 Å². The van der Waals surface area contributed by atoms with Crippen LogP contribution in [0.2, 0.25) is 0 Å². The number of phosphoric acid groups is 2. The second kappa shape index (κ2) is 66.0. The maximum absolute atomic E-state index is 13.1. The number of unbranched alkanes of at least 4 members (excludes halogenated alkanes) is 42. The lowest BCUT2D eigenvalue weighted by atomic mass is 9.99. The molecule has 0 bridgehead atoms. The van der Waals surface area contributed by atoms with E-state index in [1.807, 2.05) is 0 Å². The Hall–Kier alpha value is -1.94. The minimum absolute atomic E-state index is 0.107. The van der Waals surface area contributed by atoms with Crippen LogP contribution in [0.15, 0.2) is 0 Å². The number of esters is 4. The predicted octanol–water partition coefficient (Wildman–Crippen LogP) is 21.6. The molecule has 0 radical (unpaired) electrons. The van der Waals surface area contributed by atoms with Gasteiger partial charge in [-0.2, -0.15) is 0 Å². The maximum atomic E-state index is 13.1. The molecule has 0 saturated heterocycles. The van der Waals surface area contributed by atoms with Crippen molar-refractivity contribution in [1.29, 1.82) is 0 Å². The second-order valence-corrected chi connectivity index (χ2v) is 30.3. The maximum Gasteiger partial charge on any atom is 0.472 e. The molecule has 0 aliphatic carbocycles. The lowest BCUT2D eigenvalue weighted by molar-refractivity contribution is -0.161. The highest BCUT2D eigenvalue weighted by Gasteiger charge is 2.30. The Labute approximate surface area is 568 Å². The number of aliphatic hydroxyl groups excluding tert-OH is 1. The monoisotopic (exact) mass is 1370 g/mol. The molecule has 0 aromatic heterocycles. The molecule has 0 heterocycles. The van der Waals surface area contributed by atoms with Crippen molar-refractivity contribution in [2.24, 2.45) is 11.8 Å². The fraction of sp³-hybridized carbons (Fsp3) is 0.946.